The summed E-state index contributed by atoms with van der Waals surface area (Å²) < 4.78 is 23.7. The van der Waals surface area contributed by atoms with Crippen LogP contribution in [-0.4, -0.2) is 40.2 Å². The van der Waals surface area contributed by atoms with Gasteiger partial charge in [-0.3, -0.25) is 9.09 Å². The molecule has 0 saturated heterocycles. The third-order valence-electron chi connectivity index (χ3n) is 5.11. The summed E-state index contributed by atoms with van der Waals surface area (Å²) in [5.74, 6) is -2.73. The van der Waals surface area contributed by atoms with E-state index in [-0.39, 0.29) is 31.0 Å². The maximum atomic E-state index is 13.3. The molecule has 196 valence electrons. The molecule has 0 radical (unpaired) electrons. The molecule has 0 aliphatic carbocycles. The molecule has 3 unspecified atom stereocenters. The highest BCUT2D eigenvalue weighted by atomic mass is 31.2. The average Bonchev–Trinajstić information content (AvgIpc) is 2.86. The highest BCUT2D eigenvalue weighted by Gasteiger charge is 2.39. The highest BCUT2D eigenvalue weighted by Crippen LogP contribution is 2.52. The zero-order valence-corrected chi connectivity index (χ0v) is 21.0. The molecule has 3 atom stereocenters. The standard InChI is InChI=1S/C24H33N4O7P/c1-2-3-5-13-21(28-24(31)34-16-17-9-6-4-7-10-17)36(32,33)35-22(23(29)30)18-11-8-12-19(14-18)27-20(26)15-25/h4,6-12,14,21-22H,2-3,5,13,15-16,25H2,1H3,(H2,26,27)(H,28,31)(H,29,30)(H,32,33). The summed E-state index contributed by atoms with van der Waals surface area (Å²) in [7, 11) is -4.69. The van der Waals surface area contributed by atoms with Gasteiger partial charge in [0, 0.05) is 0 Å². The van der Waals surface area contributed by atoms with Crippen molar-refractivity contribution in [2.75, 3.05) is 6.54 Å². The second-order valence-corrected chi connectivity index (χ2v) is 9.97. The first-order valence-corrected chi connectivity index (χ1v) is 13.1. The molecule has 0 heterocycles. The zero-order chi connectivity index (χ0) is 26.6. The molecule has 0 saturated carbocycles. The highest BCUT2D eigenvalue weighted by molar-refractivity contribution is 7.53. The third kappa shape index (κ3) is 9.43. The number of alkyl carbamates (subject to hydrolysis) is 1. The van der Waals surface area contributed by atoms with Gasteiger partial charge in [0.15, 0.2) is 6.10 Å². The molecule has 2 aromatic carbocycles. The van der Waals surface area contributed by atoms with E-state index < -0.39 is 31.5 Å². The van der Waals surface area contributed by atoms with Gasteiger partial charge < -0.3 is 31.5 Å². The molecule has 2 rings (SSSR count). The number of nitrogens with two attached hydrogens (primary N) is 2. The third-order valence-corrected chi connectivity index (χ3v) is 6.80. The quantitative estimate of drug-likeness (QED) is 0.107. The number of unbranched alkanes of at least 4 members (excludes halogenated alkanes) is 2. The molecule has 0 aliphatic rings. The SMILES string of the molecule is CCCCCC(NC(=O)OCc1ccccc1)P(=O)(O)OC(C(=O)O)c1cccc(N=C(N)CN)c1. The molecule has 2 aromatic rings. The Morgan fingerprint density at radius 2 is 1.86 bits per heavy atom. The minimum absolute atomic E-state index is 0.000407. The largest absolute Gasteiger partial charge is 0.479 e. The van der Waals surface area contributed by atoms with Crippen molar-refractivity contribution < 1.29 is 33.4 Å². The summed E-state index contributed by atoms with van der Waals surface area (Å²) in [6, 6.07) is 14.8. The van der Waals surface area contributed by atoms with Gasteiger partial charge >= 0.3 is 19.7 Å². The van der Waals surface area contributed by atoms with Crippen molar-refractivity contribution in [3.8, 4) is 0 Å². The summed E-state index contributed by atoms with van der Waals surface area (Å²) in [5, 5.41) is 12.1. The van der Waals surface area contributed by atoms with E-state index >= 15 is 0 Å². The van der Waals surface area contributed by atoms with E-state index in [2.05, 4.69) is 10.3 Å². The molecule has 36 heavy (non-hydrogen) atoms. The number of hydrogen-bond donors (Lipinski definition) is 5. The van der Waals surface area contributed by atoms with Gasteiger partial charge in [-0.15, -0.1) is 0 Å². The van der Waals surface area contributed by atoms with Crippen LogP contribution < -0.4 is 16.8 Å². The molecule has 0 fully saturated rings. The molecular weight excluding hydrogens is 487 g/mol. The van der Waals surface area contributed by atoms with Crippen LogP contribution in [0, 0.1) is 0 Å². The first-order valence-electron chi connectivity index (χ1n) is 11.5. The Kier molecular flexibility index (Phi) is 11.6. The smallest absolute Gasteiger partial charge is 0.408 e. The Hall–Kier alpha value is -3.24. The van der Waals surface area contributed by atoms with Crippen molar-refractivity contribution >= 4 is 31.2 Å². The van der Waals surface area contributed by atoms with Gasteiger partial charge in [-0.25, -0.2) is 14.6 Å². The predicted molar refractivity (Wildman–Crippen MR) is 136 cm³/mol. The number of rotatable bonds is 14. The molecule has 0 aliphatic heterocycles. The molecule has 11 nitrogen and oxygen atoms in total. The number of amidine groups is 1. The van der Waals surface area contributed by atoms with Crippen LogP contribution in [0.4, 0.5) is 10.5 Å². The monoisotopic (exact) mass is 520 g/mol. The van der Waals surface area contributed by atoms with Crippen LogP contribution in [0.3, 0.4) is 0 Å². The van der Waals surface area contributed by atoms with Crippen LogP contribution in [-0.2, 0) is 25.2 Å². The van der Waals surface area contributed by atoms with Gasteiger partial charge in [-0.05, 0) is 29.7 Å². The summed E-state index contributed by atoms with van der Waals surface area (Å²) >= 11 is 0. The van der Waals surface area contributed by atoms with Crippen LogP contribution in [0.5, 0.6) is 0 Å². The van der Waals surface area contributed by atoms with Crippen molar-refractivity contribution in [2.45, 2.75) is 51.1 Å². The number of carboxylic acids is 1. The second-order valence-electron chi connectivity index (χ2n) is 8.01. The van der Waals surface area contributed by atoms with E-state index in [9.17, 15) is 24.2 Å². The number of carbonyl (C=O) groups is 2. The van der Waals surface area contributed by atoms with Crippen LogP contribution >= 0.6 is 7.60 Å². The number of aliphatic carboxylic acids is 1. The van der Waals surface area contributed by atoms with Crippen LogP contribution in [0.1, 0.15) is 49.8 Å². The maximum absolute atomic E-state index is 13.3. The topological polar surface area (TPSA) is 187 Å². The number of ether oxygens (including phenoxy) is 1. The first kappa shape index (κ1) is 29.0. The lowest BCUT2D eigenvalue weighted by atomic mass is 10.1. The number of hydrogen-bond acceptors (Lipinski definition) is 7. The molecule has 0 bridgehead atoms. The van der Waals surface area contributed by atoms with E-state index in [1.165, 1.54) is 18.2 Å². The Labute approximate surface area is 210 Å². The molecule has 0 aromatic heterocycles. The van der Waals surface area contributed by atoms with Crippen LogP contribution in [0.15, 0.2) is 59.6 Å². The fourth-order valence-corrected chi connectivity index (χ4v) is 4.69. The summed E-state index contributed by atoms with van der Waals surface area (Å²) in [5.41, 5.74) is 12.2. The van der Waals surface area contributed by atoms with Gasteiger partial charge in [-0.1, -0.05) is 68.7 Å². The van der Waals surface area contributed by atoms with E-state index in [0.717, 1.165) is 18.4 Å². The van der Waals surface area contributed by atoms with E-state index in [4.69, 9.17) is 20.7 Å². The van der Waals surface area contributed by atoms with Crippen LogP contribution in [0.2, 0.25) is 0 Å². The lowest BCUT2D eigenvalue weighted by molar-refractivity contribution is -0.145. The number of aliphatic imine (C=N–C) groups is 1. The van der Waals surface area contributed by atoms with Crippen molar-refractivity contribution in [2.24, 2.45) is 16.5 Å². The van der Waals surface area contributed by atoms with Crippen molar-refractivity contribution in [1.82, 2.24) is 5.32 Å². The zero-order valence-electron chi connectivity index (χ0n) is 20.1. The molecule has 0 spiro atoms. The second kappa shape index (κ2) is 14.4. The van der Waals surface area contributed by atoms with Gasteiger partial charge in [0.2, 0.25) is 0 Å². The normalized spacial score (nSPS) is 14.9. The first-order chi connectivity index (χ1) is 17.2. The van der Waals surface area contributed by atoms with Gasteiger partial charge in [0.05, 0.1) is 12.2 Å². The molecular formula is C24H33N4O7P. The number of benzene rings is 2. The average molecular weight is 521 g/mol. The maximum Gasteiger partial charge on any atom is 0.408 e. The molecule has 12 heteroatoms. The number of nitrogens with one attached hydrogen (secondary N) is 1. The Morgan fingerprint density at radius 3 is 2.50 bits per heavy atom. The lowest BCUT2D eigenvalue weighted by Crippen LogP contribution is -2.36. The van der Waals surface area contributed by atoms with Crippen molar-refractivity contribution in [1.29, 1.82) is 0 Å². The van der Waals surface area contributed by atoms with E-state index in [1.807, 2.05) is 13.0 Å². The Bertz CT molecular complexity index is 1080. The van der Waals surface area contributed by atoms with Crippen molar-refractivity contribution in [3.63, 3.8) is 0 Å². The van der Waals surface area contributed by atoms with Crippen molar-refractivity contribution in [3.05, 3.63) is 65.7 Å². The molecule has 7 N–H and O–H groups in total. The van der Waals surface area contributed by atoms with E-state index in [0.29, 0.717) is 12.1 Å². The lowest BCUT2D eigenvalue weighted by Gasteiger charge is -2.26. The number of amides is 1. The van der Waals surface area contributed by atoms with Gasteiger partial charge in [0.1, 0.15) is 18.2 Å². The summed E-state index contributed by atoms with van der Waals surface area (Å²) in [6.07, 6.45) is -0.550. The minimum Gasteiger partial charge on any atom is -0.479 e. The number of carbonyl (C=O) groups excluding carboxylic acids is 1. The fourth-order valence-electron chi connectivity index (χ4n) is 3.25. The predicted octanol–water partition coefficient (Wildman–Crippen LogP) is 3.79. The van der Waals surface area contributed by atoms with Gasteiger partial charge in [-0.2, -0.15) is 0 Å². The Morgan fingerprint density at radius 1 is 1.14 bits per heavy atom. The molecule has 1 amide bonds. The number of nitrogens with zero attached hydrogens (tertiary/aromatic N) is 1. The minimum atomic E-state index is -4.69. The van der Waals surface area contributed by atoms with E-state index in [1.54, 1.807) is 30.3 Å². The number of carboxylic acid groups (broad SMARTS) is 1. The Balaban J connectivity index is 2.21. The summed E-state index contributed by atoms with van der Waals surface area (Å²) in [6.45, 7) is 1.92. The van der Waals surface area contributed by atoms with Gasteiger partial charge in [0.25, 0.3) is 0 Å². The van der Waals surface area contributed by atoms with Crippen LogP contribution in [0.25, 0.3) is 0 Å². The summed E-state index contributed by atoms with van der Waals surface area (Å²) in [4.78, 5) is 39.2. The fraction of sp³-hybridized carbons (Fsp3) is 0.375.